The van der Waals surface area contributed by atoms with Gasteiger partial charge < -0.3 is 15.4 Å². The molecule has 35 heavy (non-hydrogen) atoms. The molecule has 0 atom stereocenters. The highest BCUT2D eigenvalue weighted by Crippen LogP contribution is 2.31. The third-order valence-corrected chi connectivity index (χ3v) is 5.69. The summed E-state index contributed by atoms with van der Waals surface area (Å²) in [5.74, 6) is -0.105. The fourth-order valence-electron chi connectivity index (χ4n) is 4.11. The summed E-state index contributed by atoms with van der Waals surface area (Å²) in [6, 6.07) is 20.9. The smallest absolute Gasteiger partial charge is 0.255 e. The van der Waals surface area contributed by atoms with Crippen molar-refractivity contribution in [2.45, 2.75) is 20.8 Å². The normalized spacial score (nSPS) is 10.6. The van der Waals surface area contributed by atoms with Crippen molar-refractivity contribution in [1.82, 2.24) is 15.1 Å². The Morgan fingerprint density at radius 1 is 0.943 bits per heavy atom. The Morgan fingerprint density at radius 3 is 2.29 bits per heavy atom. The monoisotopic (exact) mass is 468 g/mol. The number of amides is 2. The van der Waals surface area contributed by atoms with Gasteiger partial charge in [0.15, 0.2) is 0 Å². The number of carbonyl (C=O) groups excluding carboxylic acids is 2. The van der Waals surface area contributed by atoms with Gasteiger partial charge in [-0.2, -0.15) is 5.10 Å². The van der Waals surface area contributed by atoms with Crippen LogP contribution in [0.5, 0.6) is 5.75 Å². The molecule has 4 aromatic rings. The van der Waals surface area contributed by atoms with Gasteiger partial charge in [0.1, 0.15) is 11.4 Å². The minimum absolute atomic E-state index is 0.173. The molecule has 7 nitrogen and oxygen atoms in total. The van der Waals surface area contributed by atoms with Crippen LogP contribution < -0.4 is 15.4 Å². The molecule has 3 aromatic carbocycles. The lowest BCUT2D eigenvalue weighted by Crippen LogP contribution is -2.33. The zero-order valence-electron chi connectivity index (χ0n) is 20.3. The number of rotatable bonds is 7. The number of aromatic nitrogens is 2. The fraction of sp³-hybridized carbons (Fsp3) is 0.179. The number of carbonyl (C=O) groups is 2. The molecule has 4 rings (SSSR count). The fourth-order valence-corrected chi connectivity index (χ4v) is 4.11. The number of nitrogens with zero attached hydrogens (tertiary/aromatic N) is 2. The summed E-state index contributed by atoms with van der Waals surface area (Å²) >= 11 is 0. The van der Waals surface area contributed by atoms with Crippen molar-refractivity contribution in [1.29, 1.82) is 0 Å². The summed E-state index contributed by atoms with van der Waals surface area (Å²) in [6.07, 6.45) is 1.67. The second-order valence-electron chi connectivity index (χ2n) is 8.38. The zero-order valence-corrected chi connectivity index (χ0v) is 20.3. The second-order valence-corrected chi connectivity index (χ2v) is 8.38. The van der Waals surface area contributed by atoms with Gasteiger partial charge in [0.25, 0.3) is 5.91 Å². The molecule has 7 heteroatoms. The van der Waals surface area contributed by atoms with Gasteiger partial charge in [0.05, 0.1) is 24.9 Å². The molecule has 0 fully saturated rings. The Kier molecular flexibility index (Phi) is 6.96. The van der Waals surface area contributed by atoms with E-state index in [1.54, 1.807) is 18.0 Å². The van der Waals surface area contributed by atoms with Crippen LogP contribution in [0.15, 0.2) is 72.9 Å². The van der Waals surface area contributed by atoms with Crippen LogP contribution in [0.4, 0.5) is 5.69 Å². The second kappa shape index (κ2) is 10.3. The van der Waals surface area contributed by atoms with Gasteiger partial charge in [0, 0.05) is 17.4 Å². The van der Waals surface area contributed by atoms with E-state index in [-0.39, 0.29) is 12.5 Å². The SMILES string of the molecule is COc1ccccc1-c1nn(-c2ccccc2)cc1C(=O)NCC(=O)Nc1c(C)cc(C)cc1C. The van der Waals surface area contributed by atoms with E-state index >= 15 is 0 Å². The van der Waals surface area contributed by atoms with Gasteiger partial charge in [0.2, 0.25) is 5.91 Å². The van der Waals surface area contributed by atoms with Crippen molar-refractivity contribution in [3.8, 4) is 22.7 Å². The Bertz CT molecular complexity index is 1350. The molecule has 0 unspecified atom stereocenters. The summed E-state index contributed by atoms with van der Waals surface area (Å²) in [4.78, 5) is 25.9. The average Bonchev–Trinajstić information content (AvgIpc) is 3.30. The zero-order chi connectivity index (χ0) is 24.9. The predicted molar refractivity (Wildman–Crippen MR) is 137 cm³/mol. The molecule has 0 saturated heterocycles. The Hall–Kier alpha value is -4.39. The number of hydrogen-bond donors (Lipinski definition) is 2. The molecule has 0 spiro atoms. The van der Waals surface area contributed by atoms with Crippen molar-refractivity contribution in [2.24, 2.45) is 0 Å². The van der Waals surface area contributed by atoms with Crippen LogP contribution in [0, 0.1) is 20.8 Å². The van der Waals surface area contributed by atoms with Gasteiger partial charge >= 0.3 is 0 Å². The maximum Gasteiger partial charge on any atom is 0.255 e. The first-order valence-electron chi connectivity index (χ1n) is 11.3. The minimum Gasteiger partial charge on any atom is -0.496 e. The number of benzene rings is 3. The first-order chi connectivity index (χ1) is 16.9. The summed E-state index contributed by atoms with van der Waals surface area (Å²) in [5, 5.41) is 10.3. The maximum atomic E-state index is 13.2. The van der Waals surface area contributed by atoms with Gasteiger partial charge in [-0.05, 0) is 56.2 Å². The number of hydrogen-bond acceptors (Lipinski definition) is 4. The van der Waals surface area contributed by atoms with E-state index in [9.17, 15) is 9.59 Å². The van der Waals surface area contributed by atoms with E-state index in [0.717, 1.165) is 28.1 Å². The van der Waals surface area contributed by atoms with Crippen LogP contribution in [0.1, 0.15) is 27.0 Å². The standard InChI is InChI=1S/C28H28N4O3/c1-18-14-19(2)26(20(3)15-18)30-25(33)16-29-28(34)23-17-32(21-10-6-5-7-11-21)31-27(23)22-12-8-9-13-24(22)35-4/h5-15,17H,16H2,1-4H3,(H,29,34)(H,30,33). The summed E-state index contributed by atoms with van der Waals surface area (Å²) in [7, 11) is 1.58. The molecule has 0 saturated carbocycles. The topological polar surface area (TPSA) is 85.2 Å². The Balaban J connectivity index is 1.59. The van der Waals surface area contributed by atoms with E-state index in [0.29, 0.717) is 22.6 Å². The lowest BCUT2D eigenvalue weighted by molar-refractivity contribution is -0.115. The van der Waals surface area contributed by atoms with E-state index in [1.165, 1.54) is 0 Å². The van der Waals surface area contributed by atoms with Crippen molar-refractivity contribution >= 4 is 17.5 Å². The van der Waals surface area contributed by atoms with Crippen molar-refractivity contribution in [3.63, 3.8) is 0 Å². The van der Waals surface area contributed by atoms with E-state index in [4.69, 9.17) is 4.74 Å². The van der Waals surface area contributed by atoms with Crippen LogP contribution in [0.25, 0.3) is 16.9 Å². The van der Waals surface area contributed by atoms with E-state index in [1.807, 2.05) is 87.5 Å². The molecule has 0 aliphatic rings. The number of nitrogens with one attached hydrogen (secondary N) is 2. The highest BCUT2D eigenvalue weighted by molar-refractivity contribution is 6.03. The molecule has 2 N–H and O–H groups in total. The van der Waals surface area contributed by atoms with Crippen LogP contribution in [-0.2, 0) is 4.79 Å². The molecule has 0 aliphatic heterocycles. The highest BCUT2D eigenvalue weighted by atomic mass is 16.5. The Morgan fingerprint density at radius 2 is 1.60 bits per heavy atom. The van der Waals surface area contributed by atoms with Crippen molar-refractivity contribution in [2.75, 3.05) is 19.0 Å². The number of para-hydroxylation sites is 2. The largest absolute Gasteiger partial charge is 0.496 e. The molecule has 0 radical (unpaired) electrons. The number of anilines is 1. The van der Waals surface area contributed by atoms with Crippen molar-refractivity contribution in [3.05, 3.63) is 95.2 Å². The van der Waals surface area contributed by atoms with E-state index in [2.05, 4.69) is 15.7 Å². The lowest BCUT2D eigenvalue weighted by atomic mass is 10.1. The average molecular weight is 469 g/mol. The summed E-state index contributed by atoms with van der Waals surface area (Å²) in [6.45, 7) is 5.74. The predicted octanol–water partition coefficient (Wildman–Crippen LogP) is 4.84. The van der Waals surface area contributed by atoms with Gasteiger partial charge in [-0.25, -0.2) is 4.68 Å². The first-order valence-corrected chi connectivity index (χ1v) is 11.3. The van der Waals surface area contributed by atoms with Gasteiger partial charge in [-0.15, -0.1) is 0 Å². The number of methoxy groups -OCH3 is 1. The first kappa shape index (κ1) is 23.8. The Labute approximate surface area is 204 Å². The minimum atomic E-state index is -0.402. The summed E-state index contributed by atoms with van der Waals surface area (Å²) in [5.41, 5.74) is 6.15. The van der Waals surface area contributed by atoms with Crippen LogP contribution in [-0.4, -0.2) is 35.2 Å². The van der Waals surface area contributed by atoms with Crippen LogP contribution >= 0.6 is 0 Å². The maximum absolute atomic E-state index is 13.2. The van der Waals surface area contributed by atoms with Gasteiger partial charge in [-0.1, -0.05) is 48.0 Å². The molecule has 0 aliphatic carbocycles. The van der Waals surface area contributed by atoms with E-state index < -0.39 is 5.91 Å². The molecule has 2 amide bonds. The quantitative estimate of drug-likeness (QED) is 0.406. The van der Waals surface area contributed by atoms with Crippen LogP contribution in [0.2, 0.25) is 0 Å². The molecular formula is C28H28N4O3. The molecule has 1 heterocycles. The molecule has 1 aromatic heterocycles. The number of aryl methyl sites for hydroxylation is 3. The number of ether oxygens (including phenoxy) is 1. The molecular weight excluding hydrogens is 440 g/mol. The van der Waals surface area contributed by atoms with Gasteiger partial charge in [-0.3, -0.25) is 9.59 Å². The van der Waals surface area contributed by atoms with Crippen LogP contribution in [0.3, 0.4) is 0 Å². The molecule has 0 bridgehead atoms. The lowest BCUT2D eigenvalue weighted by Gasteiger charge is -2.13. The third kappa shape index (κ3) is 5.24. The van der Waals surface area contributed by atoms with Crippen molar-refractivity contribution < 1.29 is 14.3 Å². The third-order valence-electron chi connectivity index (χ3n) is 5.69. The summed E-state index contributed by atoms with van der Waals surface area (Å²) < 4.78 is 7.15. The highest BCUT2D eigenvalue weighted by Gasteiger charge is 2.21. The molecule has 178 valence electrons.